The molecule has 1 atom stereocenters. The maximum absolute atomic E-state index is 13.7. The number of hydrogen-bond donors (Lipinski definition) is 1. The molecular weight excluding hydrogens is 488 g/mol. The Morgan fingerprint density at radius 1 is 0.919 bits per heavy atom. The second kappa shape index (κ2) is 11.3. The van der Waals surface area contributed by atoms with Gasteiger partial charge < -0.3 is 14.8 Å². The summed E-state index contributed by atoms with van der Waals surface area (Å²) < 4.78 is 39.1. The van der Waals surface area contributed by atoms with Gasteiger partial charge in [-0.15, -0.1) is 0 Å². The van der Waals surface area contributed by atoms with Crippen molar-refractivity contribution in [2.75, 3.05) is 25.1 Å². The predicted octanol–water partition coefficient (Wildman–Crippen LogP) is 5.38. The molecule has 37 heavy (non-hydrogen) atoms. The van der Waals surface area contributed by atoms with Crippen molar-refractivity contribution in [3.63, 3.8) is 0 Å². The van der Waals surface area contributed by atoms with Crippen LogP contribution in [0.4, 0.5) is 5.69 Å². The Morgan fingerprint density at radius 3 is 2.05 bits per heavy atom. The summed E-state index contributed by atoms with van der Waals surface area (Å²) in [5.74, 6) is 0.380. The van der Waals surface area contributed by atoms with Crippen molar-refractivity contribution in [1.82, 2.24) is 5.32 Å². The standard InChI is InChI=1S/C29H36N2O5S/c1-20-8-15-25(16-9-20)37(33,34)31(24-14-17-26(35-6)27(18-24)36-7)19-28(32)30-21(2)22-10-12-23(13-11-22)29(3,4)5/h8-18,21H,19H2,1-7H3,(H,30,32)/t21-/m0/s1. The molecule has 3 rings (SSSR count). The first-order valence-electron chi connectivity index (χ1n) is 12.1. The normalized spacial score (nSPS) is 12.5. The summed E-state index contributed by atoms with van der Waals surface area (Å²) in [7, 11) is -1.08. The van der Waals surface area contributed by atoms with Crippen LogP contribution in [0.15, 0.2) is 71.6 Å². The fourth-order valence-electron chi connectivity index (χ4n) is 3.91. The smallest absolute Gasteiger partial charge is 0.264 e. The molecule has 0 bridgehead atoms. The van der Waals surface area contributed by atoms with Crippen LogP contribution >= 0.6 is 0 Å². The molecule has 0 spiro atoms. The summed E-state index contributed by atoms with van der Waals surface area (Å²) in [6, 6.07) is 19.0. The molecule has 0 fully saturated rings. The Bertz CT molecular complexity index is 1330. The first-order chi connectivity index (χ1) is 17.4. The van der Waals surface area contributed by atoms with Gasteiger partial charge in [0.05, 0.1) is 30.8 Å². The molecule has 0 aliphatic rings. The first kappa shape index (κ1) is 28.1. The van der Waals surface area contributed by atoms with Crippen molar-refractivity contribution < 1.29 is 22.7 Å². The molecule has 8 heteroatoms. The van der Waals surface area contributed by atoms with Gasteiger partial charge in [-0.3, -0.25) is 9.10 Å². The zero-order valence-corrected chi connectivity index (χ0v) is 23.3. The summed E-state index contributed by atoms with van der Waals surface area (Å²) in [6.45, 7) is 9.78. The number of carbonyl (C=O) groups excluding carboxylic acids is 1. The molecule has 0 saturated heterocycles. The average molecular weight is 525 g/mol. The van der Waals surface area contributed by atoms with Crippen LogP contribution in [-0.4, -0.2) is 35.1 Å². The van der Waals surface area contributed by atoms with Crippen molar-refractivity contribution >= 4 is 21.6 Å². The Balaban J connectivity index is 1.91. The number of nitrogens with zero attached hydrogens (tertiary/aromatic N) is 1. The Hall–Kier alpha value is -3.52. The summed E-state index contributed by atoms with van der Waals surface area (Å²) in [6.07, 6.45) is 0. The zero-order valence-electron chi connectivity index (χ0n) is 22.5. The molecule has 0 aromatic heterocycles. The van der Waals surface area contributed by atoms with E-state index >= 15 is 0 Å². The summed E-state index contributed by atoms with van der Waals surface area (Å²) in [5, 5.41) is 2.94. The maximum atomic E-state index is 13.7. The minimum atomic E-state index is -4.06. The van der Waals surface area contributed by atoms with Gasteiger partial charge in [-0.05, 0) is 54.7 Å². The minimum Gasteiger partial charge on any atom is -0.493 e. The highest BCUT2D eigenvalue weighted by Crippen LogP contribution is 2.34. The fourth-order valence-corrected chi connectivity index (χ4v) is 5.32. The molecule has 0 aliphatic heterocycles. The van der Waals surface area contributed by atoms with Crippen LogP contribution in [0.2, 0.25) is 0 Å². The van der Waals surface area contributed by atoms with Gasteiger partial charge in [-0.2, -0.15) is 0 Å². The van der Waals surface area contributed by atoms with Crippen LogP contribution in [0, 0.1) is 6.92 Å². The maximum Gasteiger partial charge on any atom is 0.264 e. The quantitative estimate of drug-likeness (QED) is 0.406. The van der Waals surface area contributed by atoms with E-state index < -0.39 is 22.5 Å². The molecule has 1 N–H and O–H groups in total. The third-order valence-corrected chi connectivity index (χ3v) is 7.99. The number of amides is 1. The van der Waals surface area contributed by atoms with Crippen molar-refractivity contribution in [1.29, 1.82) is 0 Å². The third kappa shape index (κ3) is 6.63. The number of ether oxygens (including phenoxy) is 2. The van der Waals surface area contributed by atoms with Crippen LogP contribution in [0.25, 0.3) is 0 Å². The lowest BCUT2D eigenvalue weighted by atomic mass is 9.86. The molecule has 0 unspecified atom stereocenters. The minimum absolute atomic E-state index is 0.0231. The monoisotopic (exact) mass is 524 g/mol. The highest BCUT2D eigenvalue weighted by atomic mass is 32.2. The van der Waals surface area contributed by atoms with E-state index in [0.717, 1.165) is 15.4 Å². The van der Waals surface area contributed by atoms with E-state index in [1.807, 2.05) is 26.0 Å². The molecule has 1 amide bonds. The van der Waals surface area contributed by atoms with E-state index in [9.17, 15) is 13.2 Å². The summed E-state index contributed by atoms with van der Waals surface area (Å²) in [4.78, 5) is 13.3. The third-order valence-electron chi connectivity index (χ3n) is 6.21. The molecule has 3 aromatic rings. The van der Waals surface area contributed by atoms with E-state index in [1.54, 1.807) is 30.3 Å². The number of nitrogens with one attached hydrogen (secondary N) is 1. The number of aryl methyl sites for hydroxylation is 1. The van der Waals surface area contributed by atoms with Crippen LogP contribution in [0.5, 0.6) is 11.5 Å². The average Bonchev–Trinajstić information content (AvgIpc) is 2.86. The number of benzene rings is 3. The van der Waals surface area contributed by atoms with Gasteiger partial charge in [-0.1, -0.05) is 62.7 Å². The van der Waals surface area contributed by atoms with Crippen LogP contribution in [-0.2, 0) is 20.2 Å². The first-order valence-corrected chi connectivity index (χ1v) is 13.5. The fraction of sp³-hybridized carbons (Fsp3) is 0.345. The van der Waals surface area contributed by atoms with Crippen LogP contribution < -0.4 is 19.1 Å². The molecule has 7 nitrogen and oxygen atoms in total. The van der Waals surface area contributed by atoms with Gasteiger partial charge in [0.2, 0.25) is 5.91 Å². The van der Waals surface area contributed by atoms with Gasteiger partial charge in [0, 0.05) is 6.07 Å². The van der Waals surface area contributed by atoms with Crippen LogP contribution in [0.3, 0.4) is 0 Å². The van der Waals surface area contributed by atoms with Crippen molar-refractivity contribution in [3.8, 4) is 11.5 Å². The molecular formula is C29H36N2O5S. The highest BCUT2D eigenvalue weighted by molar-refractivity contribution is 7.92. The van der Waals surface area contributed by atoms with Gasteiger partial charge in [0.25, 0.3) is 10.0 Å². The second-order valence-electron chi connectivity index (χ2n) is 10.0. The molecule has 0 radical (unpaired) electrons. The topological polar surface area (TPSA) is 84.9 Å². The Morgan fingerprint density at radius 2 is 1.51 bits per heavy atom. The SMILES string of the molecule is COc1ccc(N(CC(=O)N[C@@H](C)c2ccc(C(C)(C)C)cc2)S(=O)(=O)c2ccc(C)cc2)cc1OC. The van der Waals surface area contributed by atoms with Crippen LogP contribution in [0.1, 0.15) is 50.4 Å². The molecule has 0 saturated carbocycles. The summed E-state index contributed by atoms with van der Waals surface area (Å²) >= 11 is 0. The lowest BCUT2D eigenvalue weighted by molar-refractivity contribution is -0.120. The zero-order chi connectivity index (χ0) is 27.4. The van der Waals surface area contributed by atoms with E-state index in [1.165, 1.54) is 31.9 Å². The van der Waals surface area contributed by atoms with E-state index in [4.69, 9.17) is 9.47 Å². The van der Waals surface area contributed by atoms with Crippen molar-refractivity contribution in [3.05, 3.63) is 83.4 Å². The highest BCUT2D eigenvalue weighted by Gasteiger charge is 2.28. The van der Waals surface area contributed by atoms with Gasteiger partial charge in [0.15, 0.2) is 11.5 Å². The predicted molar refractivity (Wildman–Crippen MR) is 147 cm³/mol. The molecule has 3 aromatic carbocycles. The van der Waals surface area contributed by atoms with E-state index in [-0.39, 0.29) is 22.0 Å². The van der Waals surface area contributed by atoms with Gasteiger partial charge in [0.1, 0.15) is 6.54 Å². The number of carbonyl (C=O) groups is 1. The Labute approximate surface area is 220 Å². The van der Waals surface area contributed by atoms with Gasteiger partial charge >= 0.3 is 0 Å². The number of hydrogen-bond acceptors (Lipinski definition) is 5. The number of anilines is 1. The van der Waals surface area contributed by atoms with Gasteiger partial charge in [-0.25, -0.2) is 8.42 Å². The molecule has 0 aliphatic carbocycles. The van der Waals surface area contributed by atoms with Crippen molar-refractivity contribution in [2.45, 2.75) is 51.0 Å². The summed E-state index contributed by atoms with van der Waals surface area (Å²) in [5.41, 5.74) is 3.37. The van der Waals surface area contributed by atoms with Crippen molar-refractivity contribution in [2.24, 2.45) is 0 Å². The Kier molecular flexibility index (Phi) is 8.53. The number of sulfonamides is 1. The van der Waals surface area contributed by atoms with E-state index in [2.05, 4.69) is 38.2 Å². The lowest BCUT2D eigenvalue weighted by Crippen LogP contribution is -2.41. The number of methoxy groups -OCH3 is 2. The largest absolute Gasteiger partial charge is 0.493 e. The lowest BCUT2D eigenvalue weighted by Gasteiger charge is -2.26. The second-order valence-corrected chi connectivity index (χ2v) is 11.9. The number of rotatable bonds is 9. The molecule has 0 heterocycles. The molecule has 198 valence electrons. The van der Waals surface area contributed by atoms with E-state index in [0.29, 0.717) is 11.5 Å².